The third-order valence-corrected chi connectivity index (χ3v) is 15.9. The van der Waals surface area contributed by atoms with Gasteiger partial charge in [-0.05, 0) is 127 Å². The number of ketones is 1. The summed E-state index contributed by atoms with van der Waals surface area (Å²) in [5.41, 5.74) is 3.12. The van der Waals surface area contributed by atoms with Gasteiger partial charge in [-0.2, -0.15) is 0 Å². The molecule has 0 aliphatic rings. The lowest BCUT2D eigenvalue weighted by Crippen LogP contribution is -2.15. The van der Waals surface area contributed by atoms with Crippen LogP contribution in [0.2, 0.25) is 13.1 Å². The molecule has 1 N–H and O–H groups in total. The Morgan fingerprint density at radius 2 is 0.899 bits per heavy atom. The molecule has 9 rings (SSSR count). The van der Waals surface area contributed by atoms with Crippen LogP contribution < -0.4 is 25.8 Å². The van der Waals surface area contributed by atoms with Crippen LogP contribution in [0.4, 0.5) is 0 Å². The number of phenolic OH excluding ortho intramolecular Hbond substituents is 1. The second-order valence-electron chi connectivity index (χ2n) is 18.6. The average molecular weight is 1180 g/mol. The van der Waals surface area contributed by atoms with E-state index in [0.717, 1.165) is 50.3 Å². The van der Waals surface area contributed by atoms with Gasteiger partial charge in [0.25, 0.3) is 0 Å². The number of aromatic hydroxyl groups is 1. The normalized spacial score (nSPS) is 10.7. The van der Waals surface area contributed by atoms with Crippen molar-refractivity contribution in [3.8, 4) is 17.2 Å². The fourth-order valence-corrected chi connectivity index (χ4v) is 12.2. The minimum Gasteiger partial charge on any atom is -0.508 e. The van der Waals surface area contributed by atoms with E-state index in [-0.39, 0.29) is 71.1 Å². The number of halogens is 1. The molecular weight excluding hydrogens is 1120 g/mol. The Kier molecular flexibility index (Phi) is 24.9. The van der Waals surface area contributed by atoms with E-state index in [1.54, 1.807) is 78.9 Å². The first-order valence-corrected chi connectivity index (χ1v) is 29.2. The Bertz CT molecular complexity index is 3600. The Hall–Kier alpha value is -6.26. The van der Waals surface area contributed by atoms with Crippen molar-refractivity contribution in [2.24, 2.45) is 0 Å². The average Bonchev–Trinajstić information content (AvgIpc) is 3.55. The van der Waals surface area contributed by atoms with E-state index >= 15 is 0 Å². The summed E-state index contributed by atoms with van der Waals surface area (Å²) in [5.74, 6) is 1.23. The van der Waals surface area contributed by atoms with Crippen molar-refractivity contribution in [2.75, 3.05) is 31.8 Å². The number of hydrogen-bond donors (Lipinski definition) is 1. The van der Waals surface area contributed by atoms with E-state index in [1.807, 2.05) is 84.9 Å². The van der Waals surface area contributed by atoms with Gasteiger partial charge in [0.2, 0.25) is 0 Å². The minimum atomic E-state index is -0.419. The maximum absolute atomic E-state index is 12.9. The van der Waals surface area contributed by atoms with Crippen molar-refractivity contribution in [3.05, 3.63) is 157 Å². The third kappa shape index (κ3) is 16.9. The van der Waals surface area contributed by atoms with Gasteiger partial charge < -0.3 is 24.1 Å². The van der Waals surface area contributed by atoms with E-state index in [9.17, 15) is 33.9 Å². The van der Waals surface area contributed by atoms with Crippen molar-refractivity contribution in [2.45, 2.75) is 86.3 Å². The SMILES string of the molecule is CC(C)c1cc(O)cc2c(=O)c3ccccc3sc12.CCOC(=O)CBr.CCOC(=O)COc1cc(C(C)C)c2sc3ccccc3c(=O)c2c1.[B][B]C.[B][B]CC(=O)COc1cc(C(C)C)c2sc3ccccc3c(=O)c2c1. The monoisotopic (exact) mass is 1180 g/mol. The lowest BCUT2D eigenvalue weighted by Gasteiger charge is -2.14. The zero-order valence-corrected chi connectivity index (χ0v) is 49.8. The zero-order valence-electron chi connectivity index (χ0n) is 45.8. The molecule has 0 fully saturated rings. The zero-order chi connectivity index (χ0) is 57.9. The van der Waals surface area contributed by atoms with Crippen molar-refractivity contribution >= 4 is 158 Å². The highest BCUT2D eigenvalue weighted by molar-refractivity contribution is 9.09. The van der Waals surface area contributed by atoms with Crippen molar-refractivity contribution in [1.29, 1.82) is 0 Å². The summed E-state index contributed by atoms with van der Waals surface area (Å²) in [7, 11) is 12.8. The maximum atomic E-state index is 12.9. The molecule has 404 valence electrons. The van der Waals surface area contributed by atoms with Gasteiger partial charge in [-0.1, -0.05) is 93.9 Å². The van der Waals surface area contributed by atoms with Gasteiger partial charge in [0, 0.05) is 76.0 Å². The molecule has 0 amide bonds. The summed E-state index contributed by atoms with van der Waals surface area (Å²) in [6.07, 6.45) is 0.171. The molecule has 0 aliphatic carbocycles. The van der Waals surface area contributed by atoms with Crippen LogP contribution in [0.3, 0.4) is 0 Å². The van der Waals surface area contributed by atoms with Crippen molar-refractivity contribution < 1.29 is 38.4 Å². The molecule has 0 atom stereocenters. The van der Waals surface area contributed by atoms with Gasteiger partial charge in [0.05, 0.1) is 27.6 Å². The molecule has 0 saturated carbocycles. The van der Waals surface area contributed by atoms with E-state index in [4.69, 9.17) is 29.7 Å². The second kappa shape index (κ2) is 30.9. The minimum absolute atomic E-state index is 0.00156. The highest BCUT2D eigenvalue weighted by atomic mass is 79.9. The maximum Gasteiger partial charge on any atom is 0.344 e. The smallest absolute Gasteiger partial charge is 0.344 e. The molecular formula is C60H61B4BrO11S3. The molecule has 0 spiro atoms. The molecule has 3 heterocycles. The van der Waals surface area contributed by atoms with Crippen molar-refractivity contribution in [3.63, 3.8) is 0 Å². The fourth-order valence-electron chi connectivity index (χ4n) is 8.08. The number of carbonyl (C=O) groups excluding carboxylic acids is 3. The first-order valence-electron chi connectivity index (χ1n) is 25.7. The number of ether oxygens (including phenoxy) is 4. The largest absolute Gasteiger partial charge is 0.508 e. The van der Waals surface area contributed by atoms with E-state index in [1.165, 1.54) is 14.3 Å². The summed E-state index contributed by atoms with van der Waals surface area (Å²) >= 11 is 7.79. The lowest BCUT2D eigenvalue weighted by molar-refractivity contribution is -0.145. The Balaban J connectivity index is 0.000000202. The molecule has 0 unspecified atom stereocenters. The molecule has 6 radical (unpaired) electrons. The van der Waals surface area contributed by atoms with Crippen molar-refractivity contribution in [1.82, 2.24) is 0 Å². The highest BCUT2D eigenvalue weighted by Crippen LogP contribution is 2.37. The number of alkyl halides is 1. The predicted octanol–water partition coefficient (Wildman–Crippen LogP) is 13.2. The molecule has 19 heteroatoms. The Labute approximate surface area is 485 Å². The topological polar surface area (TPSA) is 160 Å². The van der Waals surface area contributed by atoms with Crippen LogP contribution in [0.25, 0.3) is 60.5 Å². The standard InChI is InChI=1S/C20H20O4S.C19H17B2O3S.C16H14O2S.C4H7BrO2.CH3B2/c1-4-23-18(21)11-24-13-9-15(12(2)3)20-16(10-13)19(22)14-7-5-6-8-17(14)25-20;1-11(2)15-7-13(24-10-12(22)9-21-20)8-16-18(23)14-5-3-4-6-17(14)25-19(15)16;1-9(2)12-7-10(17)8-13-15(18)11-5-3-4-6-14(11)19-16(12)13;1-2-7-4(6)3-5;1-3-2/h5-10,12H,4,11H2,1-3H3;3-8,11H,9-10H2,1-2H3;3-9,17H,1-2H3;2-3H2,1H3;1H3. The number of benzene rings is 6. The van der Waals surface area contributed by atoms with Crippen LogP contribution >= 0.6 is 49.9 Å². The van der Waals surface area contributed by atoms with Gasteiger partial charge in [0.15, 0.2) is 28.7 Å². The number of hydrogen-bond acceptors (Lipinski definition) is 14. The van der Waals surface area contributed by atoms with E-state index < -0.39 is 5.97 Å². The summed E-state index contributed by atoms with van der Waals surface area (Å²) < 4.78 is 26.5. The molecule has 6 aromatic carbocycles. The van der Waals surface area contributed by atoms with Crippen LogP contribution in [0.1, 0.15) is 89.8 Å². The van der Waals surface area contributed by atoms with Crippen LogP contribution in [0.5, 0.6) is 17.2 Å². The second-order valence-corrected chi connectivity index (χ2v) is 22.3. The summed E-state index contributed by atoms with van der Waals surface area (Å²) in [4.78, 5) is 71.7. The lowest BCUT2D eigenvalue weighted by atomic mass is 9.53. The van der Waals surface area contributed by atoms with Crippen LogP contribution in [-0.2, 0) is 23.9 Å². The molecule has 0 aliphatic heterocycles. The first-order chi connectivity index (χ1) is 37.8. The number of phenols is 1. The van der Waals surface area contributed by atoms with Gasteiger partial charge in [-0.25, -0.2) is 4.79 Å². The third-order valence-electron chi connectivity index (χ3n) is 11.7. The van der Waals surface area contributed by atoms with Crippen LogP contribution in [-0.4, -0.2) is 84.4 Å². The summed E-state index contributed by atoms with van der Waals surface area (Å²) in [6, 6.07) is 33.5. The van der Waals surface area contributed by atoms with Crippen LogP contribution in [0, 0.1) is 0 Å². The first kappa shape index (κ1) is 63.6. The van der Waals surface area contributed by atoms with Gasteiger partial charge in [0.1, 0.15) is 29.2 Å². The van der Waals surface area contributed by atoms with Gasteiger partial charge >= 0.3 is 11.9 Å². The Morgan fingerprint density at radius 3 is 1.25 bits per heavy atom. The van der Waals surface area contributed by atoms with E-state index in [0.29, 0.717) is 57.0 Å². The predicted molar refractivity (Wildman–Crippen MR) is 337 cm³/mol. The molecule has 3 aromatic heterocycles. The number of fused-ring (bicyclic) bond motifs is 6. The molecule has 11 nitrogen and oxygen atoms in total. The number of carbonyl (C=O) groups is 3. The quantitative estimate of drug-likeness (QED) is 0.0478. The highest BCUT2D eigenvalue weighted by Gasteiger charge is 2.18. The fraction of sp³-hybridized carbons (Fsp3) is 0.300. The number of Topliss-reactive ketones (excluding diaryl/α,β-unsaturated/α-hetero) is 1. The molecule has 79 heavy (non-hydrogen) atoms. The van der Waals surface area contributed by atoms with Gasteiger partial charge in [-0.3, -0.25) is 24.0 Å². The summed E-state index contributed by atoms with van der Waals surface area (Å²) in [6.45, 7) is 18.3. The van der Waals surface area contributed by atoms with Crippen LogP contribution in [0.15, 0.2) is 124 Å². The molecule has 9 aromatic rings. The number of rotatable bonds is 14. The molecule has 0 bridgehead atoms. The Morgan fingerprint density at radius 1 is 0.544 bits per heavy atom. The van der Waals surface area contributed by atoms with Gasteiger partial charge in [-0.15, -0.1) is 40.8 Å². The summed E-state index contributed by atoms with van der Waals surface area (Å²) in [5, 5.41) is 14.1. The number of esters is 2. The molecule has 0 saturated heterocycles. The van der Waals surface area contributed by atoms with E-state index in [2.05, 4.69) is 62.2 Å².